The first-order valence-corrected chi connectivity index (χ1v) is 5.39. The third kappa shape index (κ3) is 2.42. The minimum atomic E-state index is -0.515. The number of imide groups is 1. The number of hydrogen-bond acceptors (Lipinski definition) is 3. The van der Waals surface area contributed by atoms with E-state index in [0.29, 0.717) is 0 Å². The van der Waals surface area contributed by atoms with E-state index in [2.05, 4.69) is 10.3 Å². The lowest BCUT2D eigenvalue weighted by Gasteiger charge is -2.24. The average molecular weight is 276 g/mol. The van der Waals surface area contributed by atoms with Crippen molar-refractivity contribution in [1.82, 2.24) is 15.2 Å². The molecule has 0 spiro atoms. The fourth-order valence-electron chi connectivity index (χ4n) is 1.47. The lowest BCUT2D eigenvalue weighted by atomic mass is 10.3. The average Bonchev–Trinajstić information content (AvgIpc) is 2.57. The third-order valence-electron chi connectivity index (χ3n) is 2.19. The van der Waals surface area contributed by atoms with Crippen LogP contribution >= 0.6 is 23.2 Å². The Balaban J connectivity index is 2.19. The van der Waals surface area contributed by atoms with Crippen molar-refractivity contribution in [3.8, 4) is 0 Å². The number of carbonyl (C=O) groups excluding carboxylic acids is 3. The summed E-state index contributed by atoms with van der Waals surface area (Å²) in [6, 6.07) is 1.35. The molecule has 1 fully saturated rings. The smallest absolute Gasteiger partial charge is 0.271 e. The van der Waals surface area contributed by atoms with Gasteiger partial charge in [0.15, 0.2) is 0 Å². The summed E-state index contributed by atoms with van der Waals surface area (Å²) in [7, 11) is 0. The zero-order chi connectivity index (χ0) is 12.6. The molecule has 3 amide bonds. The highest BCUT2D eigenvalue weighted by atomic mass is 35.5. The summed E-state index contributed by atoms with van der Waals surface area (Å²) in [5.74, 6) is -1.53. The second-order valence-corrected chi connectivity index (χ2v) is 4.26. The maximum atomic E-state index is 11.9. The largest absolute Gasteiger partial charge is 0.340 e. The summed E-state index contributed by atoms with van der Waals surface area (Å²) in [6.07, 6.45) is 0. The number of amides is 3. The van der Waals surface area contributed by atoms with Crippen LogP contribution in [0.1, 0.15) is 10.5 Å². The number of aromatic amines is 1. The molecule has 2 N–H and O–H groups in total. The van der Waals surface area contributed by atoms with Gasteiger partial charge in [0.1, 0.15) is 23.9 Å². The molecule has 0 unspecified atom stereocenters. The Kier molecular flexibility index (Phi) is 3.08. The van der Waals surface area contributed by atoms with Gasteiger partial charge in [0.2, 0.25) is 11.8 Å². The van der Waals surface area contributed by atoms with Crippen molar-refractivity contribution in [1.29, 1.82) is 0 Å². The van der Waals surface area contributed by atoms with Crippen molar-refractivity contribution < 1.29 is 14.4 Å². The summed E-state index contributed by atoms with van der Waals surface area (Å²) in [5, 5.41) is 2.45. The first-order chi connectivity index (χ1) is 7.97. The first kappa shape index (κ1) is 11.9. The van der Waals surface area contributed by atoms with Gasteiger partial charge in [-0.1, -0.05) is 23.2 Å². The van der Waals surface area contributed by atoms with Crippen LogP contribution in [0.15, 0.2) is 6.07 Å². The summed E-state index contributed by atoms with van der Waals surface area (Å²) in [5.41, 5.74) is 0.141. The molecule has 1 aromatic heterocycles. The normalized spacial score (nSPS) is 16.0. The molecule has 8 heteroatoms. The van der Waals surface area contributed by atoms with Gasteiger partial charge in [-0.25, -0.2) is 0 Å². The Hall–Kier alpha value is -1.53. The molecular formula is C9H7Cl2N3O3. The van der Waals surface area contributed by atoms with E-state index in [1.165, 1.54) is 6.07 Å². The number of halogens is 2. The Morgan fingerprint density at radius 1 is 1.24 bits per heavy atom. The minimum Gasteiger partial charge on any atom is -0.340 e. The molecule has 0 radical (unpaired) electrons. The molecular weight excluding hydrogens is 269 g/mol. The van der Waals surface area contributed by atoms with E-state index in [9.17, 15) is 14.4 Å². The molecule has 0 aromatic carbocycles. The van der Waals surface area contributed by atoms with Crippen LogP contribution in [0.25, 0.3) is 0 Å². The van der Waals surface area contributed by atoms with Crippen LogP contribution in [0.4, 0.5) is 0 Å². The Labute approximate surface area is 106 Å². The number of nitrogens with zero attached hydrogens (tertiary/aromatic N) is 1. The van der Waals surface area contributed by atoms with E-state index < -0.39 is 17.7 Å². The quantitative estimate of drug-likeness (QED) is 0.729. The highest BCUT2D eigenvalue weighted by Crippen LogP contribution is 2.22. The molecule has 1 aliphatic heterocycles. The number of aromatic nitrogens is 1. The van der Waals surface area contributed by atoms with Gasteiger partial charge in [-0.2, -0.15) is 0 Å². The molecule has 2 rings (SSSR count). The molecule has 1 aromatic rings. The third-order valence-corrected chi connectivity index (χ3v) is 2.88. The first-order valence-electron chi connectivity index (χ1n) is 4.63. The van der Waals surface area contributed by atoms with Crippen molar-refractivity contribution in [2.24, 2.45) is 0 Å². The standard InChI is InChI=1S/C9H7Cl2N3O3/c10-4-1-5(12-8(4)11)9(17)14-2-6(15)13-7(16)3-14/h1,12H,2-3H2,(H,13,15,16). The van der Waals surface area contributed by atoms with Gasteiger partial charge < -0.3 is 9.88 Å². The lowest BCUT2D eigenvalue weighted by molar-refractivity contribution is -0.135. The highest BCUT2D eigenvalue weighted by molar-refractivity contribution is 6.41. The molecule has 17 heavy (non-hydrogen) atoms. The van der Waals surface area contributed by atoms with Crippen molar-refractivity contribution in [3.05, 3.63) is 21.9 Å². The van der Waals surface area contributed by atoms with Gasteiger partial charge in [0.05, 0.1) is 5.02 Å². The molecule has 0 saturated carbocycles. The van der Waals surface area contributed by atoms with Crippen LogP contribution in [-0.2, 0) is 9.59 Å². The Bertz CT molecular complexity index is 476. The second kappa shape index (κ2) is 4.38. The molecule has 6 nitrogen and oxygen atoms in total. The zero-order valence-electron chi connectivity index (χ0n) is 8.42. The van der Waals surface area contributed by atoms with E-state index >= 15 is 0 Å². The number of carbonyl (C=O) groups is 3. The number of piperazine rings is 1. The van der Waals surface area contributed by atoms with Crippen LogP contribution in [0.2, 0.25) is 10.2 Å². The SMILES string of the molecule is O=C1CN(C(=O)c2cc(Cl)c(Cl)[nH]2)CC(=O)N1. The maximum absolute atomic E-state index is 11.9. The zero-order valence-corrected chi connectivity index (χ0v) is 9.93. The van der Waals surface area contributed by atoms with Crippen molar-refractivity contribution in [3.63, 3.8) is 0 Å². The van der Waals surface area contributed by atoms with Gasteiger partial charge in [-0.05, 0) is 6.07 Å². The van der Waals surface area contributed by atoms with Crippen LogP contribution in [0, 0.1) is 0 Å². The monoisotopic (exact) mass is 275 g/mol. The molecule has 0 bridgehead atoms. The summed E-state index contributed by atoms with van der Waals surface area (Å²) in [4.78, 5) is 37.8. The van der Waals surface area contributed by atoms with Crippen LogP contribution < -0.4 is 5.32 Å². The van der Waals surface area contributed by atoms with Crippen LogP contribution in [-0.4, -0.2) is 40.7 Å². The Morgan fingerprint density at radius 3 is 2.29 bits per heavy atom. The number of H-pyrrole nitrogens is 1. The molecule has 2 heterocycles. The van der Waals surface area contributed by atoms with Crippen molar-refractivity contribution in [2.75, 3.05) is 13.1 Å². The fraction of sp³-hybridized carbons (Fsp3) is 0.222. The molecule has 0 aliphatic carbocycles. The molecule has 90 valence electrons. The van der Waals surface area contributed by atoms with E-state index in [1.54, 1.807) is 0 Å². The van der Waals surface area contributed by atoms with Gasteiger partial charge in [-0.15, -0.1) is 0 Å². The molecule has 0 atom stereocenters. The number of nitrogens with one attached hydrogen (secondary N) is 2. The van der Waals surface area contributed by atoms with E-state index in [4.69, 9.17) is 23.2 Å². The maximum Gasteiger partial charge on any atom is 0.271 e. The topological polar surface area (TPSA) is 82.3 Å². The Morgan fingerprint density at radius 2 is 1.82 bits per heavy atom. The van der Waals surface area contributed by atoms with Gasteiger partial charge in [0.25, 0.3) is 5.91 Å². The summed E-state index contributed by atoms with van der Waals surface area (Å²) >= 11 is 11.4. The molecule has 1 aliphatic rings. The van der Waals surface area contributed by atoms with Crippen molar-refractivity contribution >= 4 is 40.9 Å². The second-order valence-electron chi connectivity index (χ2n) is 3.48. The van der Waals surface area contributed by atoms with Crippen LogP contribution in [0.5, 0.6) is 0 Å². The fourth-order valence-corrected chi connectivity index (χ4v) is 1.78. The van der Waals surface area contributed by atoms with Gasteiger partial charge >= 0.3 is 0 Å². The lowest BCUT2D eigenvalue weighted by Crippen LogP contribution is -2.53. The van der Waals surface area contributed by atoms with E-state index in [1.807, 2.05) is 0 Å². The van der Waals surface area contributed by atoms with E-state index in [0.717, 1.165) is 4.90 Å². The van der Waals surface area contributed by atoms with Crippen molar-refractivity contribution in [2.45, 2.75) is 0 Å². The van der Waals surface area contributed by atoms with Crippen LogP contribution in [0.3, 0.4) is 0 Å². The highest BCUT2D eigenvalue weighted by Gasteiger charge is 2.28. The summed E-state index contributed by atoms with van der Waals surface area (Å²) < 4.78 is 0. The predicted octanol–water partition coefficient (Wildman–Crippen LogP) is 0.420. The van der Waals surface area contributed by atoms with E-state index in [-0.39, 0.29) is 29.0 Å². The number of rotatable bonds is 1. The van der Waals surface area contributed by atoms with Gasteiger partial charge in [-0.3, -0.25) is 19.7 Å². The molecule has 1 saturated heterocycles. The van der Waals surface area contributed by atoms with Gasteiger partial charge in [0, 0.05) is 0 Å². The summed E-state index contributed by atoms with van der Waals surface area (Å²) in [6.45, 7) is -0.336. The predicted molar refractivity (Wildman–Crippen MR) is 59.9 cm³/mol. The minimum absolute atomic E-state index is 0.141. The number of hydrogen-bond donors (Lipinski definition) is 2.